The quantitative estimate of drug-likeness (QED) is 0.699. The average Bonchev–Trinajstić information content (AvgIpc) is 2.34. The van der Waals surface area contributed by atoms with Gasteiger partial charge in [-0.2, -0.15) is 0 Å². The highest BCUT2D eigenvalue weighted by Gasteiger charge is 2.09. The van der Waals surface area contributed by atoms with Crippen LogP contribution < -0.4 is 10.5 Å². The molecule has 0 aromatic heterocycles. The molecule has 1 rings (SSSR count). The van der Waals surface area contributed by atoms with E-state index >= 15 is 0 Å². The van der Waals surface area contributed by atoms with Crippen molar-refractivity contribution in [2.75, 3.05) is 12.3 Å². The summed E-state index contributed by atoms with van der Waals surface area (Å²) in [6.07, 6.45) is 2.16. The van der Waals surface area contributed by atoms with E-state index in [2.05, 4.69) is 4.72 Å². The Bertz CT molecular complexity index is 430. The second kappa shape index (κ2) is 7.51. The Balaban J connectivity index is 2.28. The van der Waals surface area contributed by atoms with E-state index in [1.807, 2.05) is 37.3 Å². The van der Waals surface area contributed by atoms with Crippen LogP contribution in [0.15, 0.2) is 30.3 Å². The van der Waals surface area contributed by atoms with Gasteiger partial charge in [0.15, 0.2) is 0 Å². The van der Waals surface area contributed by atoms with Gasteiger partial charge in [-0.1, -0.05) is 30.3 Å². The lowest BCUT2D eigenvalue weighted by molar-refractivity contribution is 0.567. The number of hydrogen-bond acceptors (Lipinski definition) is 3. The van der Waals surface area contributed by atoms with Crippen molar-refractivity contribution in [3.63, 3.8) is 0 Å². The van der Waals surface area contributed by atoms with E-state index in [0.29, 0.717) is 13.0 Å². The minimum absolute atomic E-state index is 0.124. The lowest BCUT2D eigenvalue weighted by Crippen LogP contribution is -2.29. The van der Waals surface area contributed by atoms with Crippen LogP contribution in [0.1, 0.15) is 25.3 Å². The van der Waals surface area contributed by atoms with Gasteiger partial charge in [0.1, 0.15) is 0 Å². The molecule has 0 amide bonds. The second-order valence-corrected chi connectivity index (χ2v) is 6.49. The van der Waals surface area contributed by atoms with Gasteiger partial charge in [0.2, 0.25) is 10.0 Å². The summed E-state index contributed by atoms with van der Waals surface area (Å²) in [4.78, 5) is 0. The molecule has 0 aliphatic carbocycles. The molecule has 0 fully saturated rings. The first-order chi connectivity index (χ1) is 8.49. The van der Waals surface area contributed by atoms with E-state index in [0.717, 1.165) is 18.4 Å². The second-order valence-electron chi connectivity index (χ2n) is 4.57. The highest BCUT2D eigenvalue weighted by molar-refractivity contribution is 7.89. The zero-order valence-corrected chi connectivity index (χ0v) is 11.6. The first kappa shape index (κ1) is 15.1. The molecule has 0 aliphatic heterocycles. The minimum Gasteiger partial charge on any atom is -0.328 e. The Labute approximate surface area is 110 Å². The third kappa shape index (κ3) is 6.74. The van der Waals surface area contributed by atoms with Crippen LogP contribution in [0, 0.1) is 0 Å². The lowest BCUT2D eigenvalue weighted by Gasteiger charge is -2.08. The Morgan fingerprint density at radius 1 is 1.28 bits per heavy atom. The van der Waals surface area contributed by atoms with Crippen molar-refractivity contribution < 1.29 is 8.42 Å². The van der Waals surface area contributed by atoms with Crippen molar-refractivity contribution in [3.8, 4) is 0 Å². The van der Waals surface area contributed by atoms with E-state index in [1.165, 1.54) is 0 Å². The lowest BCUT2D eigenvalue weighted by atomic mass is 10.2. The van der Waals surface area contributed by atoms with Gasteiger partial charge in [0, 0.05) is 12.6 Å². The van der Waals surface area contributed by atoms with Crippen molar-refractivity contribution >= 4 is 10.0 Å². The van der Waals surface area contributed by atoms with Crippen LogP contribution in [-0.4, -0.2) is 26.8 Å². The van der Waals surface area contributed by atoms with E-state index < -0.39 is 10.0 Å². The van der Waals surface area contributed by atoms with Gasteiger partial charge in [-0.3, -0.25) is 0 Å². The maximum Gasteiger partial charge on any atom is 0.211 e. The van der Waals surface area contributed by atoms with Gasteiger partial charge in [-0.05, 0) is 31.7 Å². The number of nitrogens with one attached hydrogen (secondary N) is 1. The predicted octanol–water partition coefficient (Wildman–Crippen LogP) is 1.28. The van der Waals surface area contributed by atoms with Crippen molar-refractivity contribution in [1.82, 2.24) is 4.72 Å². The zero-order chi connectivity index (χ0) is 13.4. The molecule has 0 radical (unpaired) electrons. The fourth-order valence-electron chi connectivity index (χ4n) is 1.62. The molecule has 1 aromatic rings. The Kier molecular flexibility index (Phi) is 6.32. The van der Waals surface area contributed by atoms with Gasteiger partial charge < -0.3 is 5.73 Å². The van der Waals surface area contributed by atoms with Crippen molar-refractivity contribution in [2.24, 2.45) is 5.73 Å². The summed E-state index contributed by atoms with van der Waals surface area (Å²) >= 11 is 0. The fraction of sp³-hybridized carbons (Fsp3) is 0.538. The van der Waals surface area contributed by atoms with Gasteiger partial charge in [0.05, 0.1) is 5.75 Å². The number of aryl methyl sites for hydroxylation is 1. The highest BCUT2D eigenvalue weighted by atomic mass is 32.2. The van der Waals surface area contributed by atoms with E-state index in [1.54, 1.807) is 0 Å². The molecule has 0 aliphatic rings. The van der Waals surface area contributed by atoms with Crippen LogP contribution in [0.25, 0.3) is 0 Å². The molecule has 0 spiro atoms. The molecular formula is C13H22N2O2S. The van der Waals surface area contributed by atoms with Crippen LogP contribution in [0.5, 0.6) is 0 Å². The molecule has 18 heavy (non-hydrogen) atoms. The normalized spacial score (nSPS) is 13.4. The standard InChI is InChI=1S/C13H22N2O2S/c1-12(14)6-5-10-15-18(16,17)11-9-13-7-3-2-4-8-13/h2-4,7-8,12,15H,5-6,9-11,14H2,1H3. The van der Waals surface area contributed by atoms with Gasteiger partial charge in [-0.25, -0.2) is 13.1 Å². The van der Waals surface area contributed by atoms with Gasteiger partial charge >= 0.3 is 0 Å². The number of rotatable bonds is 8. The first-order valence-electron chi connectivity index (χ1n) is 6.26. The van der Waals surface area contributed by atoms with Crippen molar-refractivity contribution in [1.29, 1.82) is 0 Å². The maximum absolute atomic E-state index is 11.7. The zero-order valence-electron chi connectivity index (χ0n) is 10.8. The highest BCUT2D eigenvalue weighted by Crippen LogP contribution is 2.01. The fourth-order valence-corrected chi connectivity index (χ4v) is 2.72. The molecule has 0 heterocycles. The van der Waals surface area contributed by atoms with Crippen LogP contribution in [0.3, 0.4) is 0 Å². The molecule has 5 heteroatoms. The van der Waals surface area contributed by atoms with Crippen LogP contribution >= 0.6 is 0 Å². The minimum atomic E-state index is -3.17. The van der Waals surface area contributed by atoms with Gasteiger partial charge in [0.25, 0.3) is 0 Å². The predicted molar refractivity (Wildman–Crippen MR) is 74.8 cm³/mol. The summed E-state index contributed by atoms with van der Waals surface area (Å²) in [5, 5.41) is 0. The molecule has 1 atom stereocenters. The number of nitrogens with two attached hydrogens (primary N) is 1. The summed E-state index contributed by atoms with van der Waals surface area (Å²) < 4.78 is 26.0. The molecule has 0 bridgehead atoms. The third-order valence-corrected chi connectivity index (χ3v) is 4.05. The Morgan fingerprint density at radius 3 is 2.56 bits per heavy atom. The van der Waals surface area contributed by atoms with Gasteiger partial charge in [-0.15, -0.1) is 0 Å². The van der Waals surface area contributed by atoms with E-state index in [-0.39, 0.29) is 11.8 Å². The molecule has 102 valence electrons. The molecule has 0 saturated carbocycles. The third-order valence-electron chi connectivity index (χ3n) is 2.66. The maximum atomic E-state index is 11.7. The average molecular weight is 270 g/mol. The molecule has 1 unspecified atom stereocenters. The van der Waals surface area contributed by atoms with E-state index in [9.17, 15) is 8.42 Å². The van der Waals surface area contributed by atoms with E-state index in [4.69, 9.17) is 5.73 Å². The summed E-state index contributed by atoms with van der Waals surface area (Å²) in [6.45, 7) is 2.39. The van der Waals surface area contributed by atoms with Crippen molar-refractivity contribution in [2.45, 2.75) is 32.2 Å². The molecule has 0 saturated heterocycles. The smallest absolute Gasteiger partial charge is 0.211 e. The summed E-state index contributed by atoms with van der Waals surface area (Å²) in [6, 6.07) is 9.75. The molecule has 3 N–H and O–H groups in total. The summed E-state index contributed by atoms with van der Waals surface area (Å²) in [5.74, 6) is 0.134. The molecular weight excluding hydrogens is 248 g/mol. The van der Waals surface area contributed by atoms with Crippen LogP contribution in [0.2, 0.25) is 0 Å². The first-order valence-corrected chi connectivity index (χ1v) is 7.92. The summed E-state index contributed by atoms with van der Waals surface area (Å²) in [5.41, 5.74) is 6.64. The van der Waals surface area contributed by atoms with Crippen LogP contribution in [-0.2, 0) is 16.4 Å². The SMILES string of the molecule is CC(N)CCCNS(=O)(=O)CCc1ccccc1. The monoisotopic (exact) mass is 270 g/mol. The van der Waals surface area contributed by atoms with Crippen LogP contribution in [0.4, 0.5) is 0 Å². The van der Waals surface area contributed by atoms with Crippen molar-refractivity contribution in [3.05, 3.63) is 35.9 Å². The number of hydrogen-bond donors (Lipinski definition) is 2. The summed E-state index contributed by atoms with van der Waals surface area (Å²) in [7, 11) is -3.17. The number of sulfonamides is 1. The molecule has 4 nitrogen and oxygen atoms in total. The topological polar surface area (TPSA) is 72.2 Å². The Hall–Kier alpha value is -0.910. The largest absolute Gasteiger partial charge is 0.328 e. The number of benzene rings is 1. The molecule has 1 aromatic carbocycles. The Morgan fingerprint density at radius 2 is 1.94 bits per heavy atom.